The summed E-state index contributed by atoms with van der Waals surface area (Å²) in [5, 5.41) is 1.16. The molecule has 0 fully saturated rings. The van der Waals surface area contributed by atoms with E-state index in [1.807, 2.05) is 13.0 Å². The number of imidazole rings is 1. The minimum atomic E-state index is 0.895. The highest BCUT2D eigenvalue weighted by Crippen LogP contribution is 2.12. The molecule has 0 aromatic carbocycles. The third-order valence-corrected chi connectivity index (χ3v) is 1.43. The fraction of sp³-hybridized carbons (Fsp3) is 0.125. The standard InChI is InChI=1S/C8H11N2P/c1-3-7-8(4-6(2)11)10-5-9-7/h3-5H,1,11H2,2H3,(H,9,10)/b6-4+. The van der Waals surface area contributed by atoms with Crippen molar-refractivity contribution in [3.8, 4) is 0 Å². The SMILES string of the molecule is C=Cc1nc[nH]c1/C=C(\C)P. The zero-order valence-corrected chi connectivity index (χ0v) is 7.62. The van der Waals surface area contributed by atoms with E-state index in [-0.39, 0.29) is 0 Å². The van der Waals surface area contributed by atoms with E-state index in [1.54, 1.807) is 12.4 Å². The monoisotopic (exact) mass is 166 g/mol. The fourth-order valence-electron chi connectivity index (χ4n) is 0.821. The molecule has 1 heterocycles. The van der Waals surface area contributed by atoms with Crippen molar-refractivity contribution in [2.45, 2.75) is 6.92 Å². The molecule has 1 aromatic heterocycles. The quantitative estimate of drug-likeness (QED) is 0.671. The van der Waals surface area contributed by atoms with Gasteiger partial charge in [-0.05, 0) is 19.1 Å². The van der Waals surface area contributed by atoms with Crippen LogP contribution in [-0.2, 0) is 0 Å². The van der Waals surface area contributed by atoms with Gasteiger partial charge in [-0.3, -0.25) is 0 Å². The lowest BCUT2D eigenvalue weighted by molar-refractivity contribution is 1.30. The second-order valence-corrected chi connectivity index (χ2v) is 3.20. The first-order valence-corrected chi connectivity index (χ1v) is 3.91. The van der Waals surface area contributed by atoms with Crippen molar-refractivity contribution in [3.05, 3.63) is 29.6 Å². The topological polar surface area (TPSA) is 28.7 Å². The number of allylic oxidation sites excluding steroid dienone is 1. The highest BCUT2D eigenvalue weighted by molar-refractivity contribution is 7.22. The zero-order chi connectivity index (χ0) is 8.27. The van der Waals surface area contributed by atoms with E-state index >= 15 is 0 Å². The van der Waals surface area contributed by atoms with Gasteiger partial charge < -0.3 is 4.98 Å². The van der Waals surface area contributed by atoms with Crippen LogP contribution in [0.5, 0.6) is 0 Å². The molecule has 0 saturated carbocycles. The third kappa shape index (κ3) is 2.02. The lowest BCUT2D eigenvalue weighted by Crippen LogP contribution is -1.76. The molecule has 0 aliphatic rings. The van der Waals surface area contributed by atoms with Crippen molar-refractivity contribution in [1.29, 1.82) is 0 Å². The number of aromatic amines is 1. The molecule has 0 radical (unpaired) electrons. The highest BCUT2D eigenvalue weighted by atomic mass is 31.0. The Kier molecular flexibility index (Phi) is 2.61. The molecule has 1 aromatic rings. The van der Waals surface area contributed by atoms with Crippen LogP contribution in [-0.4, -0.2) is 9.97 Å². The predicted octanol–water partition coefficient (Wildman–Crippen LogP) is 2.29. The molecule has 1 rings (SSSR count). The van der Waals surface area contributed by atoms with E-state index in [0.29, 0.717) is 0 Å². The molecule has 0 bridgehead atoms. The van der Waals surface area contributed by atoms with Crippen LogP contribution in [0.2, 0.25) is 0 Å². The van der Waals surface area contributed by atoms with Crippen molar-refractivity contribution in [2.24, 2.45) is 0 Å². The van der Waals surface area contributed by atoms with Crippen molar-refractivity contribution in [1.82, 2.24) is 9.97 Å². The number of nitrogens with one attached hydrogen (secondary N) is 1. The molecule has 0 aliphatic carbocycles. The molecule has 2 nitrogen and oxygen atoms in total. The van der Waals surface area contributed by atoms with Crippen LogP contribution < -0.4 is 0 Å². The summed E-state index contributed by atoms with van der Waals surface area (Å²) in [6.45, 7) is 5.66. The van der Waals surface area contributed by atoms with Gasteiger partial charge in [0.05, 0.1) is 17.7 Å². The van der Waals surface area contributed by atoms with E-state index in [9.17, 15) is 0 Å². The van der Waals surface area contributed by atoms with Crippen LogP contribution in [0.15, 0.2) is 18.2 Å². The number of aromatic nitrogens is 2. The molecule has 1 N–H and O–H groups in total. The third-order valence-electron chi connectivity index (χ3n) is 1.26. The summed E-state index contributed by atoms with van der Waals surface area (Å²) >= 11 is 0. The Morgan fingerprint density at radius 2 is 2.55 bits per heavy atom. The Bertz CT molecular complexity index is 282. The summed E-state index contributed by atoms with van der Waals surface area (Å²) in [7, 11) is 2.62. The summed E-state index contributed by atoms with van der Waals surface area (Å²) in [6.07, 6.45) is 5.40. The van der Waals surface area contributed by atoms with Crippen LogP contribution in [0.3, 0.4) is 0 Å². The minimum Gasteiger partial charge on any atom is -0.345 e. The molecule has 0 spiro atoms. The van der Waals surface area contributed by atoms with Crippen molar-refractivity contribution in [3.63, 3.8) is 0 Å². The largest absolute Gasteiger partial charge is 0.345 e. The number of hydrogen-bond donors (Lipinski definition) is 1. The summed E-state index contributed by atoms with van der Waals surface area (Å²) < 4.78 is 0. The van der Waals surface area contributed by atoms with Gasteiger partial charge in [0.15, 0.2) is 0 Å². The molecule has 0 amide bonds. The smallest absolute Gasteiger partial charge is 0.0931 e. The second kappa shape index (κ2) is 3.49. The Labute approximate surface area is 68.6 Å². The number of H-pyrrole nitrogens is 1. The van der Waals surface area contributed by atoms with Crippen LogP contribution in [0.25, 0.3) is 12.2 Å². The summed E-state index contributed by atoms with van der Waals surface area (Å²) in [4.78, 5) is 7.08. The van der Waals surface area contributed by atoms with E-state index in [1.165, 1.54) is 0 Å². The average Bonchev–Trinajstić information content (AvgIpc) is 2.34. The highest BCUT2D eigenvalue weighted by Gasteiger charge is 1.96. The normalized spacial score (nSPS) is 11.6. The Balaban J connectivity index is 3.03. The summed E-state index contributed by atoms with van der Waals surface area (Å²) in [5.74, 6) is 0. The van der Waals surface area contributed by atoms with Gasteiger partial charge in [-0.2, -0.15) is 0 Å². The first kappa shape index (κ1) is 8.22. The lowest BCUT2D eigenvalue weighted by atomic mass is 10.3. The van der Waals surface area contributed by atoms with Crippen LogP contribution >= 0.6 is 9.24 Å². The van der Waals surface area contributed by atoms with Crippen molar-refractivity contribution < 1.29 is 0 Å². The van der Waals surface area contributed by atoms with Crippen LogP contribution in [0.1, 0.15) is 18.3 Å². The first-order chi connectivity index (χ1) is 5.24. The summed E-state index contributed by atoms with van der Waals surface area (Å²) in [5.41, 5.74) is 1.90. The molecule has 58 valence electrons. The van der Waals surface area contributed by atoms with Crippen molar-refractivity contribution in [2.75, 3.05) is 0 Å². The van der Waals surface area contributed by atoms with Gasteiger partial charge in [0, 0.05) is 0 Å². The number of rotatable bonds is 2. The van der Waals surface area contributed by atoms with Gasteiger partial charge >= 0.3 is 0 Å². The Hall–Kier alpha value is -0.880. The average molecular weight is 166 g/mol. The molecule has 0 aliphatic heterocycles. The maximum Gasteiger partial charge on any atom is 0.0931 e. The van der Waals surface area contributed by atoms with Crippen LogP contribution in [0, 0.1) is 0 Å². The van der Waals surface area contributed by atoms with Gasteiger partial charge in [0.2, 0.25) is 0 Å². The van der Waals surface area contributed by atoms with Crippen molar-refractivity contribution >= 4 is 21.4 Å². The molecule has 3 heteroatoms. The first-order valence-electron chi connectivity index (χ1n) is 3.33. The van der Waals surface area contributed by atoms with E-state index < -0.39 is 0 Å². The van der Waals surface area contributed by atoms with Gasteiger partial charge in [0.25, 0.3) is 0 Å². The number of hydrogen-bond acceptors (Lipinski definition) is 1. The fourth-order valence-corrected chi connectivity index (χ4v) is 0.987. The van der Waals surface area contributed by atoms with Gasteiger partial charge in [-0.1, -0.05) is 11.9 Å². The Morgan fingerprint density at radius 1 is 1.82 bits per heavy atom. The number of nitrogens with zero attached hydrogens (tertiary/aromatic N) is 1. The Morgan fingerprint density at radius 3 is 3.09 bits per heavy atom. The van der Waals surface area contributed by atoms with Gasteiger partial charge in [0.1, 0.15) is 0 Å². The van der Waals surface area contributed by atoms with E-state index in [0.717, 1.165) is 16.7 Å². The molecule has 1 unspecified atom stereocenters. The second-order valence-electron chi connectivity index (χ2n) is 2.29. The minimum absolute atomic E-state index is 0.895. The zero-order valence-electron chi connectivity index (χ0n) is 6.46. The predicted molar refractivity (Wildman–Crippen MR) is 52.0 cm³/mol. The molecule has 11 heavy (non-hydrogen) atoms. The molecular weight excluding hydrogens is 155 g/mol. The lowest BCUT2D eigenvalue weighted by Gasteiger charge is -1.90. The summed E-state index contributed by atoms with van der Waals surface area (Å²) in [6, 6.07) is 0. The van der Waals surface area contributed by atoms with Gasteiger partial charge in [-0.25, -0.2) is 4.98 Å². The molecular formula is C8H11N2P. The van der Waals surface area contributed by atoms with Gasteiger partial charge in [-0.15, -0.1) is 9.24 Å². The molecule has 1 atom stereocenters. The molecule has 0 saturated heterocycles. The van der Waals surface area contributed by atoms with E-state index in [4.69, 9.17) is 0 Å². The van der Waals surface area contributed by atoms with E-state index in [2.05, 4.69) is 25.8 Å². The maximum atomic E-state index is 4.06. The maximum absolute atomic E-state index is 4.06. The van der Waals surface area contributed by atoms with Crippen LogP contribution in [0.4, 0.5) is 0 Å².